The van der Waals surface area contributed by atoms with Gasteiger partial charge < -0.3 is 25.5 Å². The Morgan fingerprint density at radius 1 is 1.15 bits per heavy atom. The van der Waals surface area contributed by atoms with E-state index >= 15 is 0 Å². The zero-order valence-corrected chi connectivity index (χ0v) is 18.7. The van der Waals surface area contributed by atoms with Crippen LogP contribution in [0.2, 0.25) is 0 Å². The summed E-state index contributed by atoms with van der Waals surface area (Å²) in [6.07, 6.45) is 1.12. The van der Waals surface area contributed by atoms with Crippen molar-refractivity contribution in [2.24, 2.45) is 0 Å². The number of carboxylic acids is 1. The molecule has 0 spiro atoms. The smallest absolute Gasteiger partial charge is 0.303 e. The van der Waals surface area contributed by atoms with E-state index in [1.54, 1.807) is 0 Å². The standard InChI is InChI=1S/C23H27N5O6/c24-13-15-6-8-16(9-7-15)23(34)27-11-12-28(19(29)4-1-5-20(30)31)18(14-27)22(33)26-17-3-2-10-25-21(17)32/h6-9,17-18H,1-5,10-12,14H2,(H,25,32)(H,26,33)(H,30,31)/t17-,18+/m1/s1. The van der Waals surface area contributed by atoms with Crippen LogP contribution in [-0.4, -0.2) is 82.8 Å². The number of rotatable bonds is 7. The first-order valence-corrected chi connectivity index (χ1v) is 11.2. The molecular formula is C23H27N5O6. The van der Waals surface area contributed by atoms with Crippen molar-refractivity contribution in [3.05, 3.63) is 35.4 Å². The first-order chi connectivity index (χ1) is 16.3. The third-order valence-corrected chi connectivity index (χ3v) is 5.93. The first kappa shape index (κ1) is 24.7. The van der Waals surface area contributed by atoms with Gasteiger partial charge in [0.15, 0.2) is 0 Å². The lowest BCUT2D eigenvalue weighted by Crippen LogP contribution is -2.63. The Morgan fingerprint density at radius 3 is 2.53 bits per heavy atom. The van der Waals surface area contributed by atoms with E-state index in [9.17, 15) is 24.0 Å². The summed E-state index contributed by atoms with van der Waals surface area (Å²) in [6, 6.07) is 6.39. The Kier molecular flexibility index (Phi) is 8.19. The molecule has 1 aromatic rings. The largest absolute Gasteiger partial charge is 0.481 e. The molecule has 0 saturated carbocycles. The van der Waals surface area contributed by atoms with Gasteiger partial charge in [0.05, 0.1) is 18.2 Å². The molecule has 2 atom stereocenters. The summed E-state index contributed by atoms with van der Waals surface area (Å²) >= 11 is 0. The van der Waals surface area contributed by atoms with Gasteiger partial charge in [-0.1, -0.05) is 0 Å². The van der Waals surface area contributed by atoms with Gasteiger partial charge in [-0.15, -0.1) is 0 Å². The highest BCUT2D eigenvalue weighted by molar-refractivity contribution is 5.96. The molecule has 0 aliphatic carbocycles. The summed E-state index contributed by atoms with van der Waals surface area (Å²) in [7, 11) is 0. The van der Waals surface area contributed by atoms with Crippen molar-refractivity contribution in [2.45, 2.75) is 44.2 Å². The predicted molar refractivity (Wildman–Crippen MR) is 118 cm³/mol. The molecule has 34 heavy (non-hydrogen) atoms. The lowest BCUT2D eigenvalue weighted by molar-refractivity contribution is -0.144. The molecule has 2 saturated heterocycles. The summed E-state index contributed by atoms with van der Waals surface area (Å²) < 4.78 is 0. The number of nitrogens with zero attached hydrogens (tertiary/aromatic N) is 3. The van der Waals surface area contributed by atoms with Crippen LogP contribution in [0.5, 0.6) is 0 Å². The molecule has 2 heterocycles. The minimum absolute atomic E-state index is 0.0381. The molecule has 0 unspecified atom stereocenters. The Bertz CT molecular complexity index is 1000. The van der Waals surface area contributed by atoms with Crippen molar-refractivity contribution < 1.29 is 29.1 Å². The highest BCUT2D eigenvalue weighted by atomic mass is 16.4. The molecule has 1 aromatic carbocycles. The Hall–Kier alpha value is -3.94. The van der Waals surface area contributed by atoms with Crippen LogP contribution in [0.3, 0.4) is 0 Å². The number of aliphatic carboxylic acids is 1. The Morgan fingerprint density at radius 2 is 1.88 bits per heavy atom. The second-order valence-corrected chi connectivity index (χ2v) is 8.28. The molecule has 0 bridgehead atoms. The van der Waals surface area contributed by atoms with Crippen molar-refractivity contribution in [1.29, 1.82) is 5.26 Å². The highest BCUT2D eigenvalue weighted by Gasteiger charge is 2.38. The summed E-state index contributed by atoms with van der Waals surface area (Å²) in [6.45, 7) is 0.763. The van der Waals surface area contributed by atoms with Crippen molar-refractivity contribution in [3.63, 3.8) is 0 Å². The molecule has 11 nitrogen and oxygen atoms in total. The molecule has 2 aliphatic heterocycles. The molecule has 4 amide bonds. The van der Waals surface area contributed by atoms with Gasteiger partial charge in [0.1, 0.15) is 12.1 Å². The van der Waals surface area contributed by atoms with E-state index in [1.165, 1.54) is 34.1 Å². The summed E-state index contributed by atoms with van der Waals surface area (Å²) in [4.78, 5) is 64.7. The van der Waals surface area contributed by atoms with Crippen molar-refractivity contribution in [2.75, 3.05) is 26.2 Å². The van der Waals surface area contributed by atoms with Crippen LogP contribution in [-0.2, 0) is 19.2 Å². The number of carbonyl (C=O) groups excluding carboxylic acids is 4. The number of piperidine rings is 1. The van der Waals surface area contributed by atoms with E-state index in [-0.39, 0.29) is 56.6 Å². The number of amides is 4. The lowest BCUT2D eigenvalue weighted by atomic mass is 10.0. The van der Waals surface area contributed by atoms with Crippen LogP contribution < -0.4 is 10.6 Å². The molecule has 2 fully saturated rings. The molecule has 3 rings (SSSR count). The zero-order chi connectivity index (χ0) is 24.7. The van der Waals surface area contributed by atoms with Crippen LogP contribution >= 0.6 is 0 Å². The highest BCUT2D eigenvalue weighted by Crippen LogP contribution is 2.17. The van der Waals surface area contributed by atoms with E-state index in [4.69, 9.17) is 10.4 Å². The maximum Gasteiger partial charge on any atom is 0.303 e. The fraction of sp³-hybridized carbons (Fsp3) is 0.478. The number of hydrogen-bond donors (Lipinski definition) is 3. The van der Waals surface area contributed by atoms with Crippen molar-refractivity contribution in [1.82, 2.24) is 20.4 Å². The third-order valence-electron chi connectivity index (χ3n) is 5.93. The first-order valence-electron chi connectivity index (χ1n) is 11.2. The van der Waals surface area contributed by atoms with E-state index in [1.807, 2.05) is 6.07 Å². The number of carbonyl (C=O) groups is 5. The monoisotopic (exact) mass is 469 g/mol. The Labute approximate surface area is 196 Å². The second kappa shape index (κ2) is 11.3. The predicted octanol–water partition coefficient (Wildman–Crippen LogP) is -0.139. The summed E-state index contributed by atoms with van der Waals surface area (Å²) in [5.41, 5.74) is 0.766. The van der Waals surface area contributed by atoms with Gasteiger partial charge in [-0.2, -0.15) is 5.26 Å². The molecule has 0 radical (unpaired) electrons. The molecule has 3 N–H and O–H groups in total. The number of nitriles is 1. The minimum Gasteiger partial charge on any atom is -0.481 e. The van der Waals surface area contributed by atoms with Gasteiger partial charge in [-0.3, -0.25) is 24.0 Å². The van der Waals surface area contributed by atoms with Gasteiger partial charge in [0.2, 0.25) is 17.7 Å². The number of hydrogen-bond acceptors (Lipinski definition) is 6. The van der Waals surface area contributed by atoms with Crippen LogP contribution in [0.25, 0.3) is 0 Å². The van der Waals surface area contributed by atoms with Gasteiger partial charge in [0.25, 0.3) is 5.91 Å². The van der Waals surface area contributed by atoms with E-state index in [0.717, 1.165) is 0 Å². The van der Waals surface area contributed by atoms with Gasteiger partial charge in [-0.25, -0.2) is 0 Å². The van der Waals surface area contributed by atoms with Crippen molar-refractivity contribution in [3.8, 4) is 6.07 Å². The quantitative estimate of drug-likeness (QED) is 0.501. The molecule has 0 aromatic heterocycles. The average molecular weight is 469 g/mol. The number of benzene rings is 1. The zero-order valence-electron chi connectivity index (χ0n) is 18.7. The van der Waals surface area contributed by atoms with Crippen LogP contribution in [0.1, 0.15) is 48.0 Å². The van der Waals surface area contributed by atoms with Gasteiger partial charge in [-0.05, 0) is 43.5 Å². The fourth-order valence-corrected chi connectivity index (χ4v) is 4.07. The van der Waals surface area contributed by atoms with Crippen molar-refractivity contribution >= 4 is 29.6 Å². The summed E-state index contributed by atoms with van der Waals surface area (Å²) in [5, 5.41) is 23.2. The summed E-state index contributed by atoms with van der Waals surface area (Å²) in [5.74, 6) is -2.55. The van der Waals surface area contributed by atoms with Crippen LogP contribution in [0.4, 0.5) is 0 Å². The topological polar surface area (TPSA) is 160 Å². The lowest BCUT2D eigenvalue weighted by Gasteiger charge is -2.41. The average Bonchev–Trinajstić information content (AvgIpc) is 2.84. The Balaban J connectivity index is 1.74. The van der Waals surface area contributed by atoms with E-state index < -0.39 is 24.0 Å². The normalized spacial score (nSPS) is 20.1. The molecular weight excluding hydrogens is 442 g/mol. The number of nitrogens with one attached hydrogen (secondary N) is 2. The molecule has 2 aliphatic rings. The number of carboxylic acid groups (broad SMARTS) is 1. The maximum atomic E-state index is 13.1. The fourth-order valence-electron chi connectivity index (χ4n) is 4.07. The van der Waals surface area contributed by atoms with Crippen LogP contribution in [0, 0.1) is 11.3 Å². The third kappa shape index (κ3) is 6.10. The molecule has 180 valence electrons. The minimum atomic E-state index is -1.01. The van der Waals surface area contributed by atoms with Gasteiger partial charge >= 0.3 is 5.97 Å². The van der Waals surface area contributed by atoms with E-state index in [0.29, 0.717) is 30.5 Å². The van der Waals surface area contributed by atoms with Gasteiger partial charge in [0, 0.05) is 38.0 Å². The second-order valence-electron chi connectivity index (χ2n) is 8.28. The number of piperazine rings is 1. The maximum absolute atomic E-state index is 13.1. The van der Waals surface area contributed by atoms with E-state index in [2.05, 4.69) is 10.6 Å². The molecule has 11 heteroatoms. The van der Waals surface area contributed by atoms with Crippen LogP contribution in [0.15, 0.2) is 24.3 Å². The SMILES string of the molecule is N#Cc1ccc(C(=O)N2CCN(C(=O)CCCC(=O)O)[C@H](C(=O)N[C@@H]3CCCNC3=O)C2)cc1.